The molecule has 2 aromatic rings. The molecule has 0 spiro atoms. The Morgan fingerprint density at radius 1 is 1.00 bits per heavy atom. The van der Waals surface area contributed by atoms with Crippen molar-refractivity contribution in [1.29, 1.82) is 0 Å². The van der Waals surface area contributed by atoms with Crippen LogP contribution in [-0.2, 0) is 20.7 Å². The summed E-state index contributed by atoms with van der Waals surface area (Å²) in [4.78, 5) is 43.9. The van der Waals surface area contributed by atoms with Gasteiger partial charge in [-0.05, 0) is 62.2 Å². The Kier molecular flexibility index (Phi) is 21.9. The number of piperazine rings is 1. The van der Waals surface area contributed by atoms with Crippen molar-refractivity contribution < 1.29 is 40.7 Å². The number of nitrogens with zero attached hydrogens (tertiary/aromatic N) is 3. The van der Waals surface area contributed by atoms with Gasteiger partial charge in [0.2, 0.25) is 0 Å². The van der Waals surface area contributed by atoms with E-state index in [1.54, 1.807) is 24.3 Å². The molecule has 0 bridgehead atoms. The number of hydrogen-bond acceptors (Lipinski definition) is 7. The van der Waals surface area contributed by atoms with Crippen LogP contribution in [0.3, 0.4) is 0 Å². The number of carboxylic acids is 1. The lowest BCUT2D eigenvalue weighted by atomic mass is 10.1. The summed E-state index contributed by atoms with van der Waals surface area (Å²) in [6.07, 6.45) is 0.897. The summed E-state index contributed by atoms with van der Waals surface area (Å²) in [6, 6.07) is 14.6. The van der Waals surface area contributed by atoms with Gasteiger partial charge < -0.3 is 41.8 Å². The third kappa shape index (κ3) is 13.3. The Hall–Kier alpha value is -2.46. The average molecular weight is 682 g/mol. The van der Waals surface area contributed by atoms with Gasteiger partial charge in [-0.3, -0.25) is 19.3 Å². The van der Waals surface area contributed by atoms with Gasteiger partial charge in [-0.2, -0.15) is 0 Å². The summed E-state index contributed by atoms with van der Waals surface area (Å²) >= 11 is 6.97. The molecule has 1 atom stereocenters. The zero-order valence-electron chi connectivity index (χ0n) is 25.0. The number of rotatable bonds is 14. The number of ether oxygens (including phenoxy) is 1. The largest absolute Gasteiger partial charge is 0.480 e. The number of anilines is 1. The van der Waals surface area contributed by atoms with Gasteiger partial charge in [0.1, 0.15) is 0 Å². The maximum atomic E-state index is 13.3. The number of carbonyl (C=O) groups excluding carboxylic acids is 2. The Balaban J connectivity index is 0. The Morgan fingerprint density at radius 2 is 1.59 bits per heavy atom. The van der Waals surface area contributed by atoms with E-state index in [2.05, 4.69) is 4.90 Å². The molecule has 9 N–H and O–H groups in total. The standard InChI is InChI=1S/C29H39ClN4O5S.ClH.3H2O/c1-21(2)39-19-18-34(28(36)26(29(37)38)40-20-12-31)25-9-5-23(6-10-25)27(35)33-16-14-32(15-17-33)13-11-22-3-7-24(30)8-4-22;;;;/h3-10,21,26H,11-20,31H2,1-2H3,(H,37,38);1H;3*1H2/t26-;;;;/m1..../s1. The fourth-order valence-electron chi connectivity index (χ4n) is 4.40. The van der Waals surface area contributed by atoms with Crippen molar-refractivity contribution in [3.8, 4) is 0 Å². The Bertz CT molecular complexity index is 1120. The van der Waals surface area contributed by atoms with Crippen LogP contribution in [0.2, 0.25) is 5.02 Å². The molecule has 250 valence electrons. The number of nitrogens with two attached hydrogens (primary N) is 1. The van der Waals surface area contributed by atoms with E-state index in [0.29, 0.717) is 30.1 Å². The molecular formula is C29H46Cl2N4O8S. The first kappa shape index (κ1) is 43.7. The number of carboxylic acid groups (broad SMARTS) is 1. The molecule has 0 radical (unpaired) electrons. The first-order valence-corrected chi connectivity index (χ1v) is 15.0. The van der Waals surface area contributed by atoms with Gasteiger partial charge in [0, 0.05) is 67.8 Å². The molecule has 1 aliphatic rings. The van der Waals surface area contributed by atoms with E-state index in [0.717, 1.165) is 42.8 Å². The van der Waals surface area contributed by atoms with E-state index in [-0.39, 0.29) is 60.5 Å². The number of aliphatic carboxylic acids is 1. The van der Waals surface area contributed by atoms with Gasteiger partial charge >= 0.3 is 5.97 Å². The van der Waals surface area contributed by atoms with Crippen LogP contribution in [0.5, 0.6) is 0 Å². The summed E-state index contributed by atoms with van der Waals surface area (Å²) < 4.78 is 5.62. The van der Waals surface area contributed by atoms with Gasteiger partial charge in [-0.1, -0.05) is 23.7 Å². The van der Waals surface area contributed by atoms with Crippen LogP contribution in [-0.4, -0.2) is 119 Å². The highest BCUT2D eigenvalue weighted by molar-refractivity contribution is 8.01. The Morgan fingerprint density at radius 3 is 2.11 bits per heavy atom. The monoisotopic (exact) mass is 680 g/mol. The Labute approximate surface area is 274 Å². The first-order chi connectivity index (χ1) is 19.2. The highest BCUT2D eigenvalue weighted by atomic mass is 35.5. The quantitative estimate of drug-likeness (QED) is 0.276. The van der Waals surface area contributed by atoms with Crippen LogP contribution in [0.25, 0.3) is 0 Å². The summed E-state index contributed by atoms with van der Waals surface area (Å²) in [5.74, 6) is -1.47. The molecule has 1 fully saturated rings. The van der Waals surface area contributed by atoms with Gasteiger partial charge in [-0.15, -0.1) is 24.2 Å². The summed E-state index contributed by atoms with van der Waals surface area (Å²) in [6.45, 7) is 8.28. The number of thioether (sulfide) groups is 1. The van der Waals surface area contributed by atoms with Crippen molar-refractivity contribution >= 4 is 59.2 Å². The van der Waals surface area contributed by atoms with Crippen LogP contribution in [0, 0.1) is 0 Å². The van der Waals surface area contributed by atoms with Crippen molar-refractivity contribution in [1.82, 2.24) is 9.80 Å². The van der Waals surface area contributed by atoms with Crippen molar-refractivity contribution in [2.45, 2.75) is 31.6 Å². The molecule has 44 heavy (non-hydrogen) atoms. The molecular weight excluding hydrogens is 635 g/mol. The van der Waals surface area contributed by atoms with Crippen LogP contribution in [0.4, 0.5) is 5.69 Å². The molecule has 3 rings (SSSR count). The minimum Gasteiger partial charge on any atom is -0.480 e. The molecule has 0 aliphatic carbocycles. The molecule has 12 nitrogen and oxygen atoms in total. The number of hydrogen-bond donors (Lipinski definition) is 2. The smallest absolute Gasteiger partial charge is 0.326 e. The van der Waals surface area contributed by atoms with Crippen LogP contribution >= 0.6 is 35.8 Å². The lowest BCUT2D eigenvalue weighted by molar-refractivity contribution is -0.139. The lowest BCUT2D eigenvalue weighted by Gasteiger charge is -2.35. The van der Waals surface area contributed by atoms with Gasteiger partial charge in [0.05, 0.1) is 12.7 Å². The predicted octanol–water partition coefficient (Wildman–Crippen LogP) is 1.19. The molecule has 2 amide bonds. The second-order valence-electron chi connectivity index (χ2n) is 9.84. The molecule has 1 aliphatic heterocycles. The molecule has 1 saturated heterocycles. The third-order valence-electron chi connectivity index (χ3n) is 6.60. The van der Waals surface area contributed by atoms with Crippen LogP contribution in [0.1, 0.15) is 29.8 Å². The van der Waals surface area contributed by atoms with Crippen molar-refractivity contribution in [2.75, 3.05) is 63.1 Å². The molecule has 0 aromatic heterocycles. The van der Waals surface area contributed by atoms with Gasteiger partial charge in [0.25, 0.3) is 11.8 Å². The first-order valence-electron chi connectivity index (χ1n) is 13.5. The number of halogens is 2. The van der Waals surface area contributed by atoms with Crippen LogP contribution < -0.4 is 10.6 Å². The highest BCUT2D eigenvalue weighted by Gasteiger charge is 2.32. The number of amides is 2. The van der Waals surface area contributed by atoms with E-state index >= 15 is 0 Å². The van der Waals surface area contributed by atoms with E-state index < -0.39 is 17.1 Å². The molecule has 15 heteroatoms. The van der Waals surface area contributed by atoms with Crippen molar-refractivity contribution in [3.05, 3.63) is 64.7 Å². The number of carbonyl (C=O) groups is 3. The molecule has 0 saturated carbocycles. The minimum atomic E-state index is -1.28. The second-order valence-corrected chi connectivity index (χ2v) is 11.5. The molecule has 1 heterocycles. The fourth-order valence-corrected chi connectivity index (χ4v) is 5.31. The SMILES string of the molecule is CC(C)OCCN(C(=O)[C@@H](SCCN)C(=O)O)c1ccc(C(=O)N2CCN(CCc3ccc(Cl)cc3)CC2)cc1.Cl.O.O.O. The highest BCUT2D eigenvalue weighted by Crippen LogP contribution is 2.22. The van der Waals surface area contributed by atoms with E-state index in [9.17, 15) is 19.5 Å². The summed E-state index contributed by atoms with van der Waals surface area (Å²) in [5, 5.41) is 9.12. The molecule has 0 unspecified atom stereocenters. The number of benzene rings is 2. The fraction of sp³-hybridized carbons (Fsp3) is 0.483. The van der Waals surface area contributed by atoms with E-state index in [1.807, 2.05) is 43.0 Å². The summed E-state index contributed by atoms with van der Waals surface area (Å²) in [7, 11) is 0. The predicted molar refractivity (Wildman–Crippen MR) is 178 cm³/mol. The zero-order valence-corrected chi connectivity index (χ0v) is 27.4. The van der Waals surface area contributed by atoms with Crippen LogP contribution in [0.15, 0.2) is 48.5 Å². The maximum absolute atomic E-state index is 13.3. The topological polar surface area (TPSA) is 211 Å². The molecule has 2 aromatic carbocycles. The van der Waals surface area contributed by atoms with Crippen molar-refractivity contribution in [2.24, 2.45) is 5.73 Å². The average Bonchev–Trinajstić information content (AvgIpc) is 2.95. The van der Waals surface area contributed by atoms with Crippen molar-refractivity contribution in [3.63, 3.8) is 0 Å². The van der Waals surface area contributed by atoms with Gasteiger partial charge in [0.15, 0.2) is 5.25 Å². The third-order valence-corrected chi connectivity index (χ3v) is 8.06. The van der Waals surface area contributed by atoms with Gasteiger partial charge in [-0.25, -0.2) is 0 Å². The second kappa shape index (κ2) is 22.1. The van der Waals surface area contributed by atoms with E-state index in [1.165, 1.54) is 10.5 Å². The zero-order chi connectivity index (χ0) is 29.1. The lowest BCUT2D eigenvalue weighted by Crippen LogP contribution is -2.49. The normalized spacial score (nSPS) is 13.4. The van der Waals surface area contributed by atoms with E-state index in [4.69, 9.17) is 22.1 Å². The minimum absolute atomic E-state index is 0. The summed E-state index contributed by atoms with van der Waals surface area (Å²) in [5.41, 5.74) is 7.81. The maximum Gasteiger partial charge on any atom is 0.326 e.